The molecule has 1 amide bonds. The highest BCUT2D eigenvalue weighted by molar-refractivity contribution is 5.94. The lowest BCUT2D eigenvalue weighted by atomic mass is 9.92. The van der Waals surface area contributed by atoms with Gasteiger partial charge in [0.2, 0.25) is 5.91 Å². The second-order valence-electron chi connectivity index (χ2n) is 7.69. The van der Waals surface area contributed by atoms with Gasteiger partial charge in [0.25, 0.3) is 0 Å². The summed E-state index contributed by atoms with van der Waals surface area (Å²) >= 11 is 0. The third-order valence-electron chi connectivity index (χ3n) is 4.62. The largest absolute Gasteiger partial charge is 0.489 e. The van der Waals surface area contributed by atoms with Crippen molar-refractivity contribution in [1.29, 1.82) is 0 Å². The molecule has 0 atom stereocenters. The first-order valence-electron chi connectivity index (χ1n) is 9.78. The van der Waals surface area contributed by atoms with E-state index in [0.717, 1.165) is 16.8 Å². The fraction of sp³-hybridized carbons (Fsp3) is 0.435. The average Bonchev–Trinajstić information content (AvgIpc) is 2.63. The Morgan fingerprint density at radius 2 is 1.64 bits per heavy atom. The van der Waals surface area contributed by atoms with Crippen molar-refractivity contribution in [3.05, 3.63) is 59.4 Å². The zero-order valence-electron chi connectivity index (χ0n) is 17.5. The Morgan fingerprint density at radius 3 is 2.21 bits per heavy atom. The lowest BCUT2D eigenvalue weighted by Gasteiger charge is -2.22. The first kappa shape index (κ1) is 21.9. The Bertz CT molecular complexity index is 764. The van der Waals surface area contributed by atoms with Crippen LogP contribution in [-0.4, -0.2) is 37.6 Å². The van der Waals surface area contributed by atoms with Crippen molar-refractivity contribution in [3.8, 4) is 5.75 Å². The second-order valence-corrected chi connectivity index (χ2v) is 7.69. The number of ether oxygens (including phenoxy) is 1. The van der Waals surface area contributed by atoms with Crippen LogP contribution in [0.25, 0.3) is 0 Å². The molecule has 0 saturated heterocycles. The molecule has 0 aliphatic carbocycles. The van der Waals surface area contributed by atoms with Crippen molar-refractivity contribution < 1.29 is 13.9 Å². The molecule has 28 heavy (non-hydrogen) atoms. The molecular weight excluding hydrogens is 355 g/mol. The molecule has 0 aliphatic heterocycles. The summed E-state index contributed by atoms with van der Waals surface area (Å²) in [6, 6.07) is 12.5. The van der Waals surface area contributed by atoms with Crippen LogP contribution in [0.3, 0.4) is 0 Å². The minimum Gasteiger partial charge on any atom is -0.489 e. The molecule has 0 bridgehead atoms. The number of benzene rings is 2. The van der Waals surface area contributed by atoms with E-state index in [9.17, 15) is 9.18 Å². The quantitative estimate of drug-likeness (QED) is 0.658. The monoisotopic (exact) mass is 386 g/mol. The molecule has 0 saturated carbocycles. The van der Waals surface area contributed by atoms with Gasteiger partial charge in [-0.05, 0) is 42.1 Å². The lowest BCUT2D eigenvalue weighted by molar-refractivity contribution is -0.117. The van der Waals surface area contributed by atoms with Crippen molar-refractivity contribution in [1.82, 2.24) is 4.90 Å². The number of rotatable bonds is 9. The maximum Gasteiger partial charge on any atom is 0.238 e. The van der Waals surface area contributed by atoms with Gasteiger partial charge < -0.3 is 10.1 Å². The van der Waals surface area contributed by atoms with E-state index in [-0.39, 0.29) is 24.0 Å². The Kier molecular flexibility index (Phi) is 8.00. The van der Waals surface area contributed by atoms with E-state index in [4.69, 9.17) is 4.74 Å². The molecule has 5 heteroatoms. The number of halogens is 1. The van der Waals surface area contributed by atoms with Crippen LogP contribution in [0.5, 0.6) is 5.75 Å². The molecule has 0 fully saturated rings. The van der Waals surface area contributed by atoms with Gasteiger partial charge in [-0.25, -0.2) is 4.39 Å². The van der Waals surface area contributed by atoms with Gasteiger partial charge in [-0.3, -0.25) is 9.69 Å². The summed E-state index contributed by atoms with van der Waals surface area (Å²) in [5.41, 5.74) is 3.21. The first-order chi connectivity index (χ1) is 13.3. The number of anilines is 1. The third kappa shape index (κ3) is 6.06. The van der Waals surface area contributed by atoms with Gasteiger partial charge in [0, 0.05) is 12.2 Å². The third-order valence-corrected chi connectivity index (χ3v) is 4.62. The Morgan fingerprint density at radius 1 is 1.04 bits per heavy atom. The zero-order chi connectivity index (χ0) is 20.7. The van der Waals surface area contributed by atoms with Crippen molar-refractivity contribution in [3.63, 3.8) is 0 Å². The number of hydrogen-bond acceptors (Lipinski definition) is 3. The molecule has 4 nitrogen and oxygen atoms in total. The number of carbonyl (C=O) groups is 1. The topological polar surface area (TPSA) is 41.6 Å². The van der Waals surface area contributed by atoms with Gasteiger partial charge in [0.05, 0.1) is 6.54 Å². The molecule has 0 radical (unpaired) electrons. The minimum atomic E-state index is -0.380. The highest BCUT2D eigenvalue weighted by atomic mass is 19.1. The molecule has 0 aliphatic rings. The lowest BCUT2D eigenvalue weighted by Crippen LogP contribution is -2.33. The molecule has 2 aromatic carbocycles. The van der Waals surface area contributed by atoms with Crippen LogP contribution < -0.4 is 10.1 Å². The number of nitrogens with zero attached hydrogens (tertiary/aromatic N) is 1. The van der Waals surface area contributed by atoms with Gasteiger partial charge in [0.15, 0.2) is 11.6 Å². The molecule has 1 N–H and O–H groups in total. The summed E-state index contributed by atoms with van der Waals surface area (Å²) in [4.78, 5) is 14.5. The summed E-state index contributed by atoms with van der Waals surface area (Å²) in [7, 11) is 1.85. The first-order valence-corrected chi connectivity index (χ1v) is 9.78. The van der Waals surface area contributed by atoms with Crippen molar-refractivity contribution in [2.75, 3.05) is 32.1 Å². The van der Waals surface area contributed by atoms with E-state index in [1.165, 1.54) is 6.07 Å². The summed E-state index contributed by atoms with van der Waals surface area (Å²) in [5.74, 6) is 0.423. The van der Waals surface area contributed by atoms with E-state index in [1.54, 1.807) is 18.2 Å². The summed E-state index contributed by atoms with van der Waals surface area (Å²) in [6.07, 6.45) is 0. The molecule has 2 rings (SSSR count). The van der Waals surface area contributed by atoms with Crippen molar-refractivity contribution >= 4 is 11.6 Å². The minimum absolute atomic E-state index is 0.0663. The van der Waals surface area contributed by atoms with E-state index >= 15 is 0 Å². The Hall–Kier alpha value is -2.40. The summed E-state index contributed by atoms with van der Waals surface area (Å²) in [6.45, 7) is 9.57. The van der Waals surface area contributed by atoms with Crippen LogP contribution in [0.4, 0.5) is 10.1 Å². The maximum atomic E-state index is 13.6. The predicted octanol–water partition coefficient (Wildman–Crippen LogP) is 5.02. The summed E-state index contributed by atoms with van der Waals surface area (Å²) < 4.78 is 19.0. The number of amides is 1. The highest BCUT2D eigenvalue weighted by Gasteiger charge is 2.16. The predicted molar refractivity (Wildman–Crippen MR) is 113 cm³/mol. The second kappa shape index (κ2) is 10.2. The molecular formula is C23H31FN2O2. The summed E-state index contributed by atoms with van der Waals surface area (Å²) in [5, 5.41) is 3.11. The highest BCUT2D eigenvalue weighted by Crippen LogP contribution is 2.32. The molecule has 152 valence electrons. The van der Waals surface area contributed by atoms with Crippen LogP contribution in [-0.2, 0) is 4.79 Å². The van der Waals surface area contributed by atoms with Crippen LogP contribution in [0, 0.1) is 5.82 Å². The standard InChI is InChI=1S/C23H31FN2O2/c1-16(2)18-9-8-10-19(17(3)4)23(18)25-22(27)15-26(5)13-14-28-21-12-7-6-11-20(21)24/h6-12,16-17H,13-15H2,1-5H3,(H,25,27). The fourth-order valence-electron chi connectivity index (χ4n) is 3.07. The SMILES string of the molecule is CC(C)c1cccc(C(C)C)c1NC(=O)CN(C)CCOc1ccccc1F. The van der Waals surface area contributed by atoms with Gasteiger partial charge in [0.1, 0.15) is 6.61 Å². The van der Waals surface area contributed by atoms with Gasteiger partial charge >= 0.3 is 0 Å². The van der Waals surface area contributed by atoms with Gasteiger partial charge in [-0.2, -0.15) is 0 Å². The number of nitrogens with one attached hydrogen (secondary N) is 1. The molecule has 0 aromatic heterocycles. The van der Waals surface area contributed by atoms with Crippen molar-refractivity contribution in [2.24, 2.45) is 0 Å². The van der Waals surface area contributed by atoms with Crippen molar-refractivity contribution in [2.45, 2.75) is 39.5 Å². The molecule has 0 unspecified atom stereocenters. The van der Waals surface area contributed by atoms with Crippen LogP contribution >= 0.6 is 0 Å². The normalized spacial score (nSPS) is 11.3. The molecule has 0 heterocycles. The molecule has 2 aromatic rings. The number of para-hydroxylation sites is 2. The van der Waals surface area contributed by atoms with E-state index in [1.807, 2.05) is 18.0 Å². The number of carbonyl (C=O) groups excluding carboxylic acids is 1. The Labute approximate surface area is 167 Å². The van der Waals surface area contributed by atoms with Gasteiger partial charge in [-0.1, -0.05) is 58.0 Å². The van der Waals surface area contributed by atoms with E-state index in [2.05, 4.69) is 45.1 Å². The van der Waals surface area contributed by atoms with Crippen LogP contribution in [0.1, 0.15) is 50.7 Å². The smallest absolute Gasteiger partial charge is 0.238 e. The maximum absolute atomic E-state index is 13.6. The van der Waals surface area contributed by atoms with E-state index < -0.39 is 0 Å². The van der Waals surface area contributed by atoms with Crippen LogP contribution in [0.15, 0.2) is 42.5 Å². The number of hydrogen-bond donors (Lipinski definition) is 1. The average molecular weight is 387 g/mol. The Balaban J connectivity index is 1.94. The van der Waals surface area contributed by atoms with E-state index in [0.29, 0.717) is 25.0 Å². The van der Waals surface area contributed by atoms with Crippen LogP contribution in [0.2, 0.25) is 0 Å². The fourth-order valence-corrected chi connectivity index (χ4v) is 3.07. The number of likely N-dealkylation sites (N-methyl/N-ethyl adjacent to an activating group) is 1. The zero-order valence-corrected chi connectivity index (χ0v) is 17.5. The molecule has 0 spiro atoms. The van der Waals surface area contributed by atoms with Gasteiger partial charge in [-0.15, -0.1) is 0 Å².